The molecule has 0 aliphatic carbocycles. The molecule has 0 fully saturated rings. The molecule has 26 heavy (non-hydrogen) atoms. The van der Waals surface area contributed by atoms with Crippen molar-refractivity contribution in [2.24, 2.45) is 0 Å². The van der Waals surface area contributed by atoms with Gasteiger partial charge in [-0.3, -0.25) is 5.10 Å². The van der Waals surface area contributed by atoms with Gasteiger partial charge >= 0.3 is 6.18 Å². The Labute approximate surface area is 146 Å². The Balaban J connectivity index is 2.27. The summed E-state index contributed by atoms with van der Waals surface area (Å²) in [6, 6.07) is 2.06. The molecule has 2 rings (SSSR count). The van der Waals surface area contributed by atoms with Gasteiger partial charge in [0.1, 0.15) is 17.3 Å². The van der Waals surface area contributed by atoms with E-state index in [1.165, 1.54) is 6.20 Å². The first-order chi connectivity index (χ1) is 12.2. The van der Waals surface area contributed by atoms with Crippen LogP contribution in [0.4, 0.5) is 19.0 Å². The maximum atomic E-state index is 13.3. The molecular weight excluding hydrogens is 375 g/mol. The number of rotatable bonds is 6. The second kappa shape index (κ2) is 8.17. The number of pyridine rings is 1. The van der Waals surface area contributed by atoms with Gasteiger partial charge in [-0.05, 0) is 12.1 Å². The molecule has 0 saturated carbocycles. The van der Waals surface area contributed by atoms with Crippen molar-refractivity contribution in [3.63, 3.8) is 0 Å². The fraction of sp³-hybridized carbons (Fsp3) is 0.286. The van der Waals surface area contributed by atoms with E-state index in [1.54, 1.807) is 6.07 Å². The van der Waals surface area contributed by atoms with Gasteiger partial charge in [-0.15, -0.1) is 0 Å². The van der Waals surface area contributed by atoms with Crippen LogP contribution in [-0.2, 0) is 22.7 Å². The lowest BCUT2D eigenvalue weighted by atomic mass is 10.2. The Bertz CT molecular complexity index is 902. The monoisotopic (exact) mass is 389 g/mol. The molecule has 2 aromatic rings. The predicted octanol–water partition coefficient (Wildman–Crippen LogP) is 0.710. The highest BCUT2D eigenvalue weighted by atomic mass is 32.2. The van der Waals surface area contributed by atoms with E-state index in [0.29, 0.717) is 11.8 Å². The highest BCUT2D eigenvalue weighted by Gasteiger charge is 2.36. The molecule has 0 saturated heterocycles. The maximum absolute atomic E-state index is 13.3. The van der Waals surface area contributed by atoms with E-state index in [4.69, 9.17) is 5.11 Å². The molecule has 4 N–H and O–H groups in total. The van der Waals surface area contributed by atoms with E-state index in [9.17, 15) is 21.6 Å². The van der Waals surface area contributed by atoms with Crippen LogP contribution >= 0.6 is 0 Å². The van der Waals surface area contributed by atoms with E-state index in [-0.39, 0.29) is 13.1 Å². The minimum atomic E-state index is -4.81. The van der Waals surface area contributed by atoms with Crippen LogP contribution in [-0.4, -0.2) is 41.9 Å². The van der Waals surface area contributed by atoms with E-state index in [0.717, 1.165) is 6.20 Å². The molecule has 140 valence electrons. The average Bonchev–Trinajstić information content (AvgIpc) is 3.09. The Kier molecular flexibility index (Phi) is 6.19. The van der Waals surface area contributed by atoms with Gasteiger partial charge in [-0.2, -0.15) is 23.0 Å². The molecule has 2 aromatic heterocycles. The number of aliphatic hydroxyl groups excluding tert-OH is 1. The van der Waals surface area contributed by atoms with Crippen LogP contribution in [0.25, 0.3) is 0 Å². The number of anilines is 1. The van der Waals surface area contributed by atoms with Crippen LogP contribution in [0.3, 0.4) is 0 Å². The van der Waals surface area contributed by atoms with Crippen LogP contribution < -0.4 is 10.0 Å². The number of sulfonamides is 1. The fourth-order valence-electron chi connectivity index (χ4n) is 1.84. The zero-order valence-corrected chi connectivity index (χ0v) is 13.9. The SMILES string of the molecule is O=S(=O)(NCC#CCO)c1cnc(NCc2ccn[nH]2)c(C(F)(F)F)c1. The molecular formula is C14H14F3N5O3S. The molecule has 0 aromatic carbocycles. The number of nitrogens with zero attached hydrogens (tertiary/aromatic N) is 2. The van der Waals surface area contributed by atoms with E-state index < -0.39 is 39.1 Å². The van der Waals surface area contributed by atoms with Crippen LogP contribution in [0.2, 0.25) is 0 Å². The lowest BCUT2D eigenvalue weighted by molar-refractivity contribution is -0.137. The van der Waals surface area contributed by atoms with Crippen molar-refractivity contribution in [3.8, 4) is 11.8 Å². The number of aliphatic hydroxyl groups is 1. The van der Waals surface area contributed by atoms with E-state index >= 15 is 0 Å². The van der Waals surface area contributed by atoms with Gasteiger partial charge in [0.15, 0.2) is 0 Å². The summed E-state index contributed by atoms with van der Waals surface area (Å²) < 4.78 is 65.9. The van der Waals surface area contributed by atoms with Crippen molar-refractivity contribution in [2.75, 3.05) is 18.5 Å². The summed E-state index contributed by atoms with van der Waals surface area (Å²) >= 11 is 0. The normalized spacial score (nSPS) is 11.7. The first kappa shape index (κ1) is 19.7. The molecule has 0 amide bonds. The topological polar surface area (TPSA) is 120 Å². The van der Waals surface area contributed by atoms with E-state index in [1.807, 2.05) is 4.72 Å². The Morgan fingerprint density at radius 2 is 2.08 bits per heavy atom. The molecule has 0 spiro atoms. The fourth-order valence-corrected chi connectivity index (χ4v) is 2.74. The number of aromatic nitrogens is 3. The molecule has 0 aliphatic rings. The van der Waals surface area contributed by atoms with Crippen LogP contribution in [0.15, 0.2) is 29.4 Å². The number of aromatic amines is 1. The summed E-state index contributed by atoms with van der Waals surface area (Å²) in [6.45, 7) is -0.820. The maximum Gasteiger partial charge on any atom is 0.419 e. The second-order valence-electron chi connectivity index (χ2n) is 4.84. The van der Waals surface area contributed by atoms with Gasteiger partial charge in [0.25, 0.3) is 0 Å². The van der Waals surface area contributed by atoms with Crippen molar-refractivity contribution in [2.45, 2.75) is 17.6 Å². The molecule has 0 bridgehead atoms. The lowest BCUT2D eigenvalue weighted by Gasteiger charge is -2.14. The summed E-state index contributed by atoms with van der Waals surface area (Å²) in [5, 5.41) is 17.2. The summed E-state index contributed by atoms with van der Waals surface area (Å²) in [7, 11) is -4.24. The Hall–Kier alpha value is -2.62. The third kappa shape index (κ3) is 5.19. The Morgan fingerprint density at radius 3 is 2.69 bits per heavy atom. The van der Waals surface area contributed by atoms with Gasteiger partial charge in [0, 0.05) is 12.4 Å². The standard InChI is InChI=1S/C14H14F3N5O3S/c15-14(16,17)12-7-11(26(24,25)21-4-1-2-6-23)9-19-13(12)18-8-10-3-5-20-22-10/h3,5,7,9,21,23H,4,6,8H2,(H,18,19)(H,20,22). The van der Waals surface area contributed by atoms with Crippen molar-refractivity contribution < 1.29 is 26.7 Å². The number of halogens is 3. The summed E-state index contributed by atoms with van der Waals surface area (Å²) in [5.74, 6) is 4.00. The number of hydrogen-bond donors (Lipinski definition) is 4. The van der Waals surface area contributed by atoms with Crippen molar-refractivity contribution in [1.29, 1.82) is 0 Å². The number of alkyl halides is 3. The molecule has 12 heteroatoms. The largest absolute Gasteiger partial charge is 0.419 e. The number of hydrogen-bond acceptors (Lipinski definition) is 6. The van der Waals surface area contributed by atoms with Crippen molar-refractivity contribution in [3.05, 3.63) is 35.8 Å². The van der Waals surface area contributed by atoms with Gasteiger partial charge in [-0.1, -0.05) is 11.8 Å². The van der Waals surface area contributed by atoms with E-state index in [2.05, 4.69) is 32.3 Å². The van der Waals surface area contributed by atoms with Gasteiger partial charge < -0.3 is 10.4 Å². The molecule has 8 nitrogen and oxygen atoms in total. The molecule has 2 heterocycles. The van der Waals surface area contributed by atoms with Crippen LogP contribution in [0.1, 0.15) is 11.3 Å². The Morgan fingerprint density at radius 1 is 1.31 bits per heavy atom. The van der Waals surface area contributed by atoms with Crippen LogP contribution in [0, 0.1) is 11.8 Å². The molecule has 0 atom stereocenters. The van der Waals surface area contributed by atoms with Gasteiger partial charge in [-0.25, -0.2) is 13.4 Å². The van der Waals surface area contributed by atoms with Gasteiger partial charge in [0.2, 0.25) is 10.0 Å². The minimum absolute atomic E-state index is 0.00280. The average molecular weight is 389 g/mol. The molecule has 0 aliphatic heterocycles. The predicted molar refractivity (Wildman–Crippen MR) is 85.2 cm³/mol. The first-order valence-electron chi connectivity index (χ1n) is 7.09. The number of nitrogens with one attached hydrogen (secondary N) is 3. The zero-order chi connectivity index (χ0) is 19.2. The van der Waals surface area contributed by atoms with Gasteiger partial charge in [0.05, 0.1) is 24.3 Å². The lowest BCUT2D eigenvalue weighted by Crippen LogP contribution is -2.25. The number of H-pyrrole nitrogens is 1. The molecule has 0 unspecified atom stereocenters. The summed E-state index contributed by atoms with van der Waals surface area (Å²) in [5.41, 5.74) is -0.693. The third-order valence-electron chi connectivity index (χ3n) is 3.04. The quantitative estimate of drug-likeness (QED) is 0.540. The van der Waals surface area contributed by atoms with Crippen molar-refractivity contribution in [1.82, 2.24) is 19.9 Å². The minimum Gasteiger partial charge on any atom is -0.384 e. The van der Waals surface area contributed by atoms with Crippen molar-refractivity contribution >= 4 is 15.8 Å². The molecule has 0 radical (unpaired) electrons. The highest BCUT2D eigenvalue weighted by molar-refractivity contribution is 7.89. The first-order valence-corrected chi connectivity index (χ1v) is 8.58. The smallest absolute Gasteiger partial charge is 0.384 e. The summed E-state index contributed by atoms with van der Waals surface area (Å²) in [6.07, 6.45) is -2.56. The highest BCUT2D eigenvalue weighted by Crippen LogP contribution is 2.35. The second-order valence-corrected chi connectivity index (χ2v) is 6.60. The van der Waals surface area contributed by atoms with Crippen LogP contribution in [0.5, 0.6) is 0 Å². The summed E-state index contributed by atoms with van der Waals surface area (Å²) in [4.78, 5) is 2.94. The third-order valence-corrected chi connectivity index (χ3v) is 4.41. The zero-order valence-electron chi connectivity index (χ0n) is 13.1.